The van der Waals surface area contributed by atoms with Gasteiger partial charge in [0.1, 0.15) is 5.82 Å². The first-order valence-electron chi connectivity index (χ1n) is 8.19. The second-order valence-electron chi connectivity index (χ2n) is 7.65. The van der Waals surface area contributed by atoms with Crippen molar-refractivity contribution in [2.75, 3.05) is 6.54 Å². The van der Waals surface area contributed by atoms with Crippen LogP contribution in [0.25, 0.3) is 0 Å². The number of nitrogens with one attached hydrogen (secondary N) is 2. The van der Waals surface area contributed by atoms with Crippen molar-refractivity contribution in [1.29, 1.82) is 0 Å². The number of carbonyl (C=O) groups is 1. The third-order valence-corrected chi connectivity index (χ3v) is 4.32. The Morgan fingerprint density at radius 2 is 1.96 bits per heavy atom. The molecule has 1 saturated carbocycles. The minimum atomic E-state index is -0.410. The van der Waals surface area contributed by atoms with E-state index < -0.39 is 5.82 Å². The standard InChI is InChI=1S/C18H26ClFN2O/c1-18(2,3)4-5-21-15-10-16(11-15)22-17(23)8-12-6-13(19)9-14(20)7-12/h6-7,9,15-16,21H,4-5,8,10-11H2,1-3H3,(H,22,23). The fourth-order valence-corrected chi connectivity index (χ4v) is 2.98. The van der Waals surface area contributed by atoms with Crippen molar-refractivity contribution in [3.8, 4) is 0 Å². The van der Waals surface area contributed by atoms with E-state index in [9.17, 15) is 9.18 Å². The second-order valence-corrected chi connectivity index (χ2v) is 8.09. The molecule has 5 heteroatoms. The topological polar surface area (TPSA) is 41.1 Å². The Morgan fingerprint density at radius 1 is 1.26 bits per heavy atom. The van der Waals surface area contributed by atoms with Crippen molar-refractivity contribution in [1.82, 2.24) is 10.6 Å². The van der Waals surface area contributed by atoms with Gasteiger partial charge in [-0.3, -0.25) is 4.79 Å². The van der Waals surface area contributed by atoms with Gasteiger partial charge in [-0.1, -0.05) is 32.4 Å². The highest BCUT2D eigenvalue weighted by atomic mass is 35.5. The molecule has 0 unspecified atom stereocenters. The third kappa shape index (κ3) is 6.48. The van der Waals surface area contributed by atoms with Crippen LogP contribution in [0, 0.1) is 11.2 Å². The fourth-order valence-electron chi connectivity index (χ4n) is 2.73. The lowest BCUT2D eigenvalue weighted by atomic mass is 9.85. The molecule has 128 valence electrons. The monoisotopic (exact) mass is 340 g/mol. The number of hydrogen-bond donors (Lipinski definition) is 2. The number of rotatable bonds is 6. The molecule has 1 aromatic carbocycles. The van der Waals surface area contributed by atoms with Crippen LogP contribution in [0.5, 0.6) is 0 Å². The van der Waals surface area contributed by atoms with Gasteiger partial charge in [-0.05, 0) is 55.0 Å². The molecule has 0 aromatic heterocycles. The minimum absolute atomic E-state index is 0.0789. The maximum absolute atomic E-state index is 13.2. The summed E-state index contributed by atoms with van der Waals surface area (Å²) in [5.74, 6) is -0.489. The summed E-state index contributed by atoms with van der Waals surface area (Å²) < 4.78 is 13.2. The van der Waals surface area contributed by atoms with Gasteiger partial charge < -0.3 is 10.6 Å². The van der Waals surface area contributed by atoms with E-state index >= 15 is 0 Å². The van der Waals surface area contributed by atoms with Gasteiger partial charge in [0, 0.05) is 17.1 Å². The maximum atomic E-state index is 13.2. The summed E-state index contributed by atoms with van der Waals surface area (Å²) in [6.45, 7) is 7.71. The smallest absolute Gasteiger partial charge is 0.224 e. The molecule has 23 heavy (non-hydrogen) atoms. The highest BCUT2D eigenvalue weighted by Crippen LogP contribution is 2.22. The first kappa shape index (κ1) is 18.2. The molecule has 1 amide bonds. The zero-order chi connectivity index (χ0) is 17.0. The first-order valence-corrected chi connectivity index (χ1v) is 8.57. The number of benzene rings is 1. The van der Waals surface area contributed by atoms with E-state index in [2.05, 4.69) is 31.4 Å². The molecule has 2 rings (SSSR count). The Labute approximate surface area is 143 Å². The molecule has 3 nitrogen and oxygen atoms in total. The summed E-state index contributed by atoms with van der Waals surface area (Å²) in [6, 6.07) is 4.93. The third-order valence-electron chi connectivity index (χ3n) is 4.10. The van der Waals surface area contributed by atoms with Crippen molar-refractivity contribution in [3.63, 3.8) is 0 Å². The molecule has 0 aliphatic heterocycles. The summed E-state index contributed by atoms with van der Waals surface area (Å²) in [7, 11) is 0. The Morgan fingerprint density at radius 3 is 2.57 bits per heavy atom. The van der Waals surface area contributed by atoms with Crippen LogP contribution < -0.4 is 10.6 Å². The van der Waals surface area contributed by atoms with Gasteiger partial charge in [-0.15, -0.1) is 0 Å². The lowest BCUT2D eigenvalue weighted by Crippen LogP contribution is -2.53. The first-order chi connectivity index (χ1) is 10.7. The van der Waals surface area contributed by atoms with Crippen LogP contribution in [-0.4, -0.2) is 24.5 Å². The van der Waals surface area contributed by atoms with Crippen LogP contribution in [-0.2, 0) is 11.2 Å². The Kier molecular flexibility index (Phi) is 6.04. The van der Waals surface area contributed by atoms with Crippen LogP contribution in [0.15, 0.2) is 18.2 Å². The van der Waals surface area contributed by atoms with Crippen molar-refractivity contribution >= 4 is 17.5 Å². The number of hydrogen-bond acceptors (Lipinski definition) is 2. The van der Waals surface area contributed by atoms with E-state index in [1.54, 1.807) is 6.07 Å². The Hall–Kier alpha value is -1.13. The van der Waals surface area contributed by atoms with Crippen LogP contribution in [0.2, 0.25) is 5.02 Å². The van der Waals surface area contributed by atoms with Gasteiger partial charge in [0.05, 0.1) is 6.42 Å². The van der Waals surface area contributed by atoms with Gasteiger partial charge >= 0.3 is 0 Å². The lowest BCUT2D eigenvalue weighted by molar-refractivity contribution is -0.121. The zero-order valence-corrected chi connectivity index (χ0v) is 14.8. The highest BCUT2D eigenvalue weighted by molar-refractivity contribution is 6.30. The average molecular weight is 341 g/mol. The Balaban J connectivity index is 1.66. The minimum Gasteiger partial charge on any atom is -0.353 e. The molecule has 0 spiro atoms. The van der Waals surface area contributed by atoms with E-state index in [1.165, 1.54) is 12.1 Å². The summed E-state index contributed by atoms with van der Waals surface area (Å²) in [5.41, 5.74) is 0.947. The molecular formula is C18H26ClFN2O. The molecule has 0 heterocycles. The van der Waals surface area contributed by atoms with Gasteiger partial charge in [-0.2, -0.15) is 0 Å². The predicted molar refractivity (Wildman–Crippen MR) is 92.1 cm³/mol. The van der Waals surface area contributed by atoms with Crippen LogP contribution in [0.3, 0.4) is 0 Å². The molecular weight excluding hydrogens is 315 g/mol. The number of halogens is 2. The number of carbonyl (C=O) groups excluding carboxylic acids is 1. The van der Waals surface area contributed by atoms with Crippen molar-refractivity contribution in [2.45, 2.75) is 58.5 Å². The molecule has 1 aromatic rings. The summed E-state index contributed by atoms with van der Waals surface area (Å²) in [5, 5.41) is 6.84. The second kappa shape index (κ2) is 7.63. The molecule has 1 aliphatic carbocycles. The van der Waals surface area contributed by atoms with E-state index in [0.29, 0.717) is 22.0 Å². The van der Waals surface area contributed by atoms with E-state index in [-0.39, 0.29) is 18.4 Å². The summed E-state index contributed by atoms with van der Waals surface area (Å²) >= 11 is 5.80. The van der Waals surface area contributed by atoms with E-state index in [1.807, 2.05) is 0 Å². The van der Waals surface area contributed by atoms with Crippen LogP contribution in [0.4, 0.5) is 4.39 Å². The maximum Gasteiger partial charge on any atom is 0.224 e. The molecule has 1 aliphatic rings. The summed E-state index contributed by atoms with van der Waals surface area (Å²) in [6.07, 6.45) is 3.22. The Bertz CT molecular complexity index is 530. The summed E-state index contributed by atoms with van der Waals surface area (Å²) in [4.78, 5) is 12.0. The lowest BCUT2D eigenvalue weighted by Gasteiger charge is -2.37. The fraction of sp³-hybridized carbons (Fsp3) is 0.611. The molecule has 0 radical (unpaired) electrons. The van der Waals surface area contributed by atoms with Gasteiger partial charge in [0.15, 0.2) is 0 Å². The van der Waals surface area contributed by atoms with E-state index in [4.69, 9.17) is 11.6 Å². The van der Waals surface area contributed by atoms with E-state index in [0.717, 1.165) is 25.8 Å². The molecule has 0 atom stereocenters. The highest BCUT2D eigenvalue weighted by Gasteiger charge is 2.29. The van der Waals surface area contributed by atoms with Crippen LogP contribution in [0.1, 0.15) is 45.6 Å². The van der Waals surface area contributed by atoms with Crippen molar-refractivity contribution < 1.29 is 9.18 Å². The largest absolute Gasteiger partial charge is 0.353 e. The molecule has 1 fully saturated rings. The SMILES string of the molecule is CC(C)(C)CCNC1CC(NC(=O)Cc2cc(F)cc(Cl)c2)C1. The average Bonchev–Trinajstić information content (AvgIpc) is 2.32. The predicted octanol–water partition coefficient (Wildman–Crippen LogP) is 3.69. The van der Waals surface area contributed by atoms with Crippen molar-refractivity contribution in [2.24, 2.45) is 5.41 Å². The molecule has 0 bridgehead atoms. The molecule has 2 N–H and O–H groups in total. The molecule has 0 saturated heterocycles. The van der Waals surface area contributed by atoms with Gasteiger partial charge in [-0.25, -0.2) is 4.39 Å². The van der Waals surface area contributed by atoms with Crippen molar-refractivity contribution in [3.05, 3.63) is 34.6 Å². The van der Waals surface area contributed by atoms with Gasteiger partial charge in [0.2, 0.25) is 5.91 Å². The quantitative estimate of drug-likeness (QED) is 0.829. The van der Waals surface area contributed by atoms with Crippen LogP contribution >= 0.6 is 11.6 Å². The normalized spacial score (nSPS) is 20.9. The van der Waals surface area contributed by atoms with Gasteiger partial charge in [0.25, 0.3) is 0 Å². The zero-order valence-electron chi connectivity index (χ0n) is 14.1. The number of amides is 1.